The van der Waals surface area contributed by atoms with Crippen LogP contribution in [0.1, 0.15) is 31.4 Å². The molecule has 0 aliphatic heterocycles. The van der Waals surface area contributed by atoms with Gasteiger partial charge in [-0.3, -0.25) is 0 Å². The van der Waals surface area contributed by atoms with Gasteiger partial charge in [-0.1, -0.05) is 24.8 Å². The molecule has 1 fully saturated rings. The minimum Gasteiger partial charge on any atom is -0.248 e. The van der Waals surface area contributed by atoms with Crippen LogP contribution in [0.3, 0.4) is 0 Å². The summed E-state index contributed by atoms with van der Waals surface area (Å²) in [6.07, 6.45) is 7.04. The van der Waals surface area contributed by atoms with Gasteiger partial charge in [0.2, 0.25) is 0 Å². The van der Waals surface area contributed by atoms with Crippen molar-refractivity contribution in [2.24, 2.45) is 5.92 Å². The van der Waals surface area contributed by atoms with E-state index < -0.39 is 0 Å². The summed E-state index contributed by atoms with van der Waals surface area (Å²) in [5, 5.41) is 0. The van der Waals surface area contributed by atoms with Crippen LogP contribution in [0.4, 0.5) is 0 Å². The number of hydrogen-bond acceptors (Lipinski definition) is 1. The molecule has 0 aromatic carbocycles. The Labute approximate surface area is 79.2 Å². The summed E-state index contributed by atoms with van der Waals surface area (Å²) < 4.78 is 0. The van der Waals surface area contributed by atoms with Gasteiger partial charge in [-0.2, -0.15) is 0 Å². The molecule has 0 spiro atoms. The Balaban J connectivity index is 2.03. The third-order valence-electron chi connectivity index (χ3n) is 2.42. The Kier molecular flexibility index (Phi) is 2.62. The Morgan fingerprint density at radius 3 is 2.77 bits per heavy atom. The summed E-state index contributed by atoms with van der Waals surface area (Å²) in [6, 6.07) is 5.86. The molecule has 2 rings (SSSR count). The predicted octanol–water partition coefficient (Wildman–Crippen LogP) is 2.62. The Hall–Kier alpha value is -1.29. The molecule has 1 aliphatic carbocycles. The number of aromatic nitrogens is 1. The van der Waals surface area contributed by atoms with Crippen LogP contribution in [-0.4, -0.2) is 4.98 Å². The normalized spacial score (nSPS) is 16.6. The third kappa shape index (κ3) is 2.32. The van der Waals surface area contributed by atoms with Crippen molar-refractivity contribution in [2.45, 2.75) is 25.7 Å². The molecular formula is C12H13N. The highest BCUT2D eigenvalue weighted by molar-refractivity contribution is 5.27. The van der Waals surface area contributed by atoms with Crippen molar-refractivity contribution in [3.63, 3.8) is 0 Å². The maximum absolute atomic E-state index is 4.17. The molecule has 1 saturated carbocycles. The molecule has 0 N–H and O–H groups in total. The average Bonchev–Trinajstić information content (AvgIpc) is 2.69. The van der Waals surface area contributed by atoms with E-state index in [1.165, 1.54) is 25.7 Å². The largest absolute Gasteiger partial charge is 0.248 e. The molecule has 1 heteroatoms. The first kappa shape index (κ1) is 8.31. The van der Waals surface area contributed by atoms with Crippen LogP contribution in [0, 0.1) is 17.8 Å². The van der Waals surface area contributed by atoms with Crippen LogP contribution >= 0.6 is 0 Å². The number of hydrogen-bond donors (Lipinski definition) is 0. The standard InChI is InChI=1S/C12H13N/c1-2-6-11(5-1)8-9-12-7-3-4-10-13-12/h3-4,7,10-11H,1-2,5-6H2. The van der Waals surface area contributed by atoms with Gasteiger partial charge >= 0.3 is 0 Å². The van der Waals surface area contributed by atoms with Gasteiger partial charge in [0, 0.05) is 12.1 Å². The van der Waals surface area contributed by atoms with Gasteiger partial charge in [-0.15, -0.1) is 0 Å². The van der Waals surface area contributed by atoms with E-state index in [0.717, 1.165) is 5.69 Å². The van der Waals surface area contributed by atoms with Crippen molar-refractivity contribution in [1.29, 1.82) is 0 Å². The Morgan fingerprint density at radius 2 is 2.08 bits per heavy atom. The first-order chi connectivity index (χ1) is 6.45. The van der Waals surface area contributed by atoms with Crippen molar-refractivity contribution in [3.8, 4) is 11.8 Å². The smallest absolute Gasteiger partial charge is 0.113 e. The molecule has 13 heavy (non-hydrogen) atoms. The minimum absolute atomic E-state index is 0.627. The lowest BCUT2D eigenvalue weighted by Gasteiger charge is -1.94. The second-order valence-corrected chi connectivity index (χ2v) is 3.47. The highest BCUT2D eigenvalue weighted by Crippen LogP contribution is 2.23. The quantitative estimate of drug-likeness (QED) is 0.547. The minimum atomic E-state index is 0.627. The molecule has 0 amide bonds. The lowest BCUT2D eigenvalue weighted by Crippen LogP contribution is -1.87. The van der Waals surface area contributed by atoms with Crippen LogP contribution in [0.2, 0.25) is 0 Å². The van der Waals surface area contributed by atoms with Crippen LogP contribution in [0.15, 0.2) is 24.4 Å². The zero-order valence-electron chi connectivity index (χ0n) is 7.66. The van der Waals surface area contributed by atoms with Gasteiger partial charge in [0.05, 0.1) is 0 Å². The van der Waals surface area contributed by atoms with E-state index in [2.05, 4.69) is 16.8 Å². The fraction of sp³-hybridized carbons (Fsp3) is 0.417. The summed E-state index contributed by atoms with van der Waals surface area (Å²) in [4.78, 5) is 4.17. The van der Waals surface area contributed by atoms with Crippen LogP contribution in [-0.2, 0) is 0 Å². The SMILES string of the molecule is C(#CC1CCCC1)c1ccccn1. The lowest BCUT2D eigenvalue weighted by molar-refractivity contribution is 0.712. The van der Waals surface area contributed by atoms with E-state index in [-0.39, 0.29) is 0 Å². The molecule has 1 aliphatic rings. The molecule has 66 valence electrons. The van der Waals surface area contributed by atoms with E-state index in [4.69, 9.17) is 0 Å². The topological polar surface area (TPSA) is 12.9 Å². The summed E-state index contributed by atoms with van der Waals surface area (Å²) >= 11 is 0. The van der Waals surface area contributed by atoms with Crippen LogP contribution in [0.5, 0.6) is 0 Å². The molecule has 0 radical (unpaired) electrons. The summed E-state index contributed by atoms with van der Waals surface area (Å²) in [5.41, 5.74) is 0.898. The molecule has 0 atom stereocenters. The van der Waals surface area contributed by atoms with Crippen LogP contribution in [0.25, 0.3) is 0 Å². The van der Waals surface area contributed by atoms with E-state index in [9.17, 15) is 0 Å². The molecule has 0 saturated heterocycles. The number of nitrogens with zero attached hydrogens (tertiary/aromatic N) is 1. The first-order valence-electron chi connectivity index (χ1n) is 4.88. The highest BCUT2D eigenvalue weighted by Gasteiger charge is 2.11. The third-order valence-corrected chi connectivity index (χ3v) is 2.42. The van der Waals surface area contributed by atoms with Crippen molar-refractivity contribution < 1.29 is 0 Å². The zero-order chi connectivity index (χ0) is 8.93. The maximum atomic E-state index is 4.17. The highest BCUT2D eigenvalue weighted by atomic mass is 14.6. The second kappa shape index (κ2) is 4.09. The molecule has 1 nitrogen and oxygen atoms in total. The second-order valence-electron chi connectivity index (χ2n) is 3.47. The Morgan fingerprint density at radius 1 is 1.23 bits per heavy atom. The van der Waals surface area contributed by atoms with Crippen molar-refractivity contribution in [2.75, 3.05) is 0 Å². The number of rotatable bonds is 0. The molecule has 1 heterocycles. The Bertz CT molecular complexity index is 312. The fourth-order valence-corrected chi connectivity index (χ4v) is 1.68. The lowest BCUT2D eigenvalue weighted by atomic mass is 10.1. The van der Waals surface area contributed by atoms with E-state index in [1.54, 1.807) is 6.20 Å². The van der Waals surface area contributed by atoms with Gasteiger partial charge in [-0.05, 0) is 30.9 Å². The van der Waals surface area contributed by atoms with Crippen molar-refractivity contribution >= 4 is 0 Å². The van der Waals surface area contributed by atoms with E-state index in [0.29, 0.717) is 5.92 Å². The molecule has 1 aromatic heterocycles. The average molecular weight is 171 g/mol. The van der Waals surface area contributed by atoms with Gasteiger partial charge in [0.1, 0.15) is 5.69 Å². The molecule has 1 aromatic rings. The summed E-state index contributed by atoms with van der Waals surface area (Å²) in [6.45, 7) is 0. The van der Waals surface area contributed by atoms with Gasteiger partial charge in [-0.25, -0.2) is 4.98 Å². The van der Waals surface area contributed by atoms with Crippen molar-refractivity contribution in [3.05, 3.63) is 30.1 Å². The van der Waals surface area contributed by atoms with Gasteiger partial charge in [0.15, 0.2) is 0 Å². The maximum Gasteiger partial charge on any atom is 0.113 e. The van der Waals surface area contributed by atoms with E-state index >= 15 is 0 Å². The molecular weight excluding hydrogens is 158 g/mol. The summed E-state index contributed by atoms with van der Waals surface area (Å²) in [7, 11) is 0. The zero-order valence-corrected chi connectivity index (χ0v) is 7.66. The van der Waals surface area contributed by atoms with Gasteiger partial charge in [0.25, 0.3) is 0 Å². The van der Waals surface area contributed by atoms with Gasteiger partial charge < -0.3 is 0 Å². The first-order valence-corrected chi connectivity index (χ1v) is 4.88. The van der Waals surface area contributed by atoms with Crippen molar-refractivity contribution in [1.82, 2.24) is 4.98 Å². The fourth-order valence-electron chi connectivity index (χ4n) is 1.68. The van der Waals surface area contributed by atoms with E-state index in [1.807, 2.05) is 18.2 Å². The molecule has 0 bridgehead atoms. The summed E-state index contributed by atoms with van der Waals surface area (Å²) in [5.74, 6) is 7.04. The monoisotopic (exact) mass is 171 g/mol. The predicted molar refractivity (Wildman–Crippen MR) is 53.1 cm³/mol. The van der Waals surface area contributed by atoms with Crippen LogP contribution < -0.4 is 0 Å². The number of pyridine rings is 1. The molecule has 0 unspecified atom stereocenters.